The van der Waals surface area contributed by atoms with Crippen LogP contribution in [-0.2, 0) is 9.53 Å². The van der Waals surface area contributed by atoms with E-state index in [1.807, 2.05) is 0 Å². The number of piperidine rings is 1. The first-order valence-corrected chi connectivity index (χ1v) is 7.85. The Kier molecular flexibility index (Phi) is 8.83. The molecule has 1 fully saturated rings. The average Bonchev–Trinajstić information content (AvgIpc) is 2.50. The number of likely N-dealkylation sites (tertiary alicyclic amines) is 1. The molecule has 0 aromatic carbocycles. The topological polar surface area (TPSA) is 67.9 Å². The van der Waals surface area contributed by atoms with Crippen LogP contribution in [0.1, 0.15) is 57.8 Å². The van der Waals surface area contributed by atoms with Gasteiger partial charge in [0.05, 0.1) is 7.11 Å². The molecule has 0 aromatic heterocycles. The Morgan fingerprint density at radius 3 is 2.45 bits per heavy atom. The van der Waals surface area contributed by atoms with Crippen LogP contribution in [0.5, 0.6) is 0 Å². The maximum absolute atomic E-state index is 10.9. The van der Waals surface area contributed by atoms with Crippen molar-refractivity contribution in [3.05, 3.63) is 0 Å². The summed E-state index contributed by atoms with van der Waals surface area (Å²) in [5.74, 6) is 0.610. The van der Waals surface area contributed by atoms with Gasteiger partial charge in [-0.3, -0.25) is 9.79 Å². The van der Waals surface area contributed by atoms with E-state index in [-0.39, 0.29) is 5.97 Å². The van der Waals surface area contributed by atoms with Crippen LogP contribution in [0.3, 0.4) is 0 Å². The number of hydrogen-bond donors (Lipinski definition) is 1. The molecular weight excluding hydrogens is 254 g/mol. The van der Waals surface area contributed by atoms with Crippen LogP contribution in [0, 0.1) is 0 Å². The van der Waals surface area contributed by atoms with Crippen LogP contribution in [-0.4, -0.2) is 43.6 Å². The molecule has 0 saturated carbocycles. The standard InChI is InChI=1S/C15H29N3O2/c1-20-14(19)10-6-3-2-4-7-11-17-15(16)18-12-8-5-9-13-18/h2-13H2,1H3,(H2,16,17). The van der Waals surface area contributed by atoms with Gasteiger partial charge < -0.3 is 15.4 Å². The van der Waals surface area contributed by atoms with Crippen LogP contribution in [0.15, 0.2) is 4.99 Å². The highest BCUT2D eigenvalue weighted by Crippen LogP contribution is 2.09. The molecule has 5 nitrogen and oxygen atoms in total. The minimum absolute atomic E-state index is 0.107. The van der Waals surface area contributed by atoms with Crippen LogP contribution in [0.4, 0.5) is 0 Å². The first-order chi connectivity index (χ1) is 9.74. The van der Waals surface area contributed by atoms with Gasteiger partial charge in [-0.2, -0.15) is 0 Å². The number of aliphatic imine (C=N–C) groups is 1. The van der Waals surface area contributed by atoms with Crippen molar-refractivity contribution in [2.75, 3.05) is 26.7 Å². The summed E-state index contributed by atoms with van der Waals surface area (Å²) in [5.41, 5.74) is 5.98. The van der Waals surface area contributed by atoms with E-state index in [2.05, 4.69) is 14.6 Å². The fourth-order valence-electron chi connectivity index (χ4n) is 2.43. The Balaban J connectivity index is 1.96. The summed E-state index contributed by atoms with van der Waals surface area (Å²) in [6.45, 7) is 2.94. The van der Waals surface area contributed by atoms with E-state index in [4.69, 9.17) is 5.73 Å². The lowest BCUT2D eigenvalue weighted by Gasteiger charge is -2.27. The summed E-state index contributed by atoms with van der Waals surface area (Å²) >= 11 is 0. The van der Waals surface area contributed by atoms with Gasteiger partial charge >= 0.3 is 5.97 Å². The average molecular weight is 283 g/mol. The molecule has 5 heteroatoms. The van der Waals surface area contributed by atoms with Gasteiger partial charge in [-0.05, 0) is 32.1 Å². The number of carbonyl (C=O) groups is 1. The van der Waals surface area contributed by atoms with Crippen molar-refractivity contribution in [1.82, 2.24) is 4.90 Å². The zero-order chi connectivity index (χ0) is 14.6. The third-order valence-electron chi connectivity index (χ3n) is 3.72. The van der Waals surface area contributed by atoms with Gasteiger partial charge in [-0.15, -0.1) is 0 Å². The number of ether oxygens (including phenoxy) is 1. The Labute approximate surface area is 122 Å². The number of guanidine groups is 1. The minimum Gasteiger partial charge on any atom is -0.469 e. The number of unbranched alkanes of at least 4 members (excludes halogenated alkanes) is 4. The summed E-state index contributed by atoms with van der Waals surface area (Å²) in [7, 11) is 1.44. The lowest BCUT2D eigenvalue weighted by atomic mass is 10.1. The molecule has 2 N–H and O–H groups in total. The van der Waals surface area contributed by atoms with Crippen molar-refractivity contribution in [2.24, 2.45) is 10.7 Å². The fraction of sp³-hybridized carbons (Fsp3) is 0.867. The molecule has 1 aliphatic rings. The second kappa shape index (κ2) is 10.5. The van der Waals surface area contributed by atoms with E-state index in [1.54, 1.807) is 0 Å². The van der Waals surface area contributed by atoms with Crippen LogP contribution >= 0.6 is 0 Å². The molecule has 0 aromatic rings. The fourth-order valence-corrected chi connectivity index (χ4v) is 2.43. The highest BCUT2D eigenvalue weighted by atomic mass is 16.5. The SMILES string of the molecule is COC(=O)CCCCCCCN=C(N)N1CCCCC1. The van der Waals surface area contributed by atoms with E-state index in [0.29, 0.717) is 6.42 Å². The zero-order valence-electron chi connectivity index (χ0n) is 12.8. The number of carbonyl (C=O) groups excluding carboxylic acids is 1. The van der Waals surface area contributed by atoms with Crippen molar-refractivity contribution in [3.63, 3.8) is 0 Å². The predicted octanol–water partition coefficient (Wildman–Crippen LogP) is 2.30. The van der Waals surface area contributed by atoms with Crippen LogP contribution < -0.4 is 5.73 Å². The molecule has 1 saturated heterocycles. The molecule has 0 amide bonds. The van der Waals surface area contributed by atoms with Gasteiger partial charge in [0.1, 0.15) is 0 Å². The monoisotopic (exact) mass is 283 g/mol. The molecule has 0 bridgehead atoms. The van der Waals surface area contributed by atoms with Gasteiger partial charge in [-0.25, -0.2) is 0 Å². The number of nitrogens with zero attached hydrogens (tertiary/aromatic N) is 2. The Morgan fingerprint density at radius 2 is 1.75 bits per heavy atom. The van der Waals surface area contributed by atoms with E-state index >= 15 is 0 Å². The highest BCUT2D eigenvalue weighted by molar-refractivity contribution is 5.78. The minimum atomic E-state index is -0.107. The summed E-state index contributed by atoms with van der Waals surface area (Å²) in [5, 5.41) is 0. The molecular formula is C15H29N3O2. The number of nitrogens with two attached hydrogens (primary N) is 1. The van der Waals surface area contributed by atoms with Gasteiger partial charge in [0.25, 0.3) is 0 Å². The molecule has 0 atom stereocenters. The van der Waals surface area contributed by atoms with Gasteiger partial charge in [0, 0.05) is 26.1 Å². The second-order valence-corrected chi connectivity index (χ2v) is 5.38. The number of hydrogen-bond acceptors (Lipinski definition) is 3. The summed E-state index contributed by atoms with van der Waals surface area (Å²) in [6.07, 6.45) is 9.70. The van der Waals surface area contributed by atoms with E-state index < -0.39 is 0 Å². The number of rotatable bonds is 8. The molecule has 0 spiro atoms. The van der Waals surface area contributed by atoms with E-state index in [0.717, 1.165) is 57.7 Å². The molecule has 0 radical (unpaired) electrons. The van der Waals surface area contributed by atoms with Gasteiger partial charge in [0.2, 0.25) is 0 Å². The predicted molar refractivity (Wildman–Crippen MR) is 81.6 cm³/mol. The normalized spacial score (nSPS) is 16.2. The van der Waals surface area contributed by atoms with Crippen molar-refractivity contribution in [2.45, 2.75) is 57.8 Å². The smallest absolute Gasteiger partial charge is 0.305 e. The quantitative estimate of drug-likeness (QED) is 0.321. The molecule has 1 rings (SSSR count). The molecule has 20 heavy (non-hydrogen) atoms. The van der Waals surface area contributed by atoms with Crippen LogP contribution in [0.25, 0.3) is 0 Å². The largest absolute Gasteiger partial charge is 0.469 e. The van der Waals surface area contributed by atoms with Crippen molar-refractivity contribution >= 4 is 11.9 Å². The first kappa shape index (κ1) is 16.8. The van der Waals surface area contributed by atoms with Gasteiger partial charge in [0.15, 0.2) is 5.96 Å². The molecule has 116 valence electrons. The Hall–Kier alpha value is -1.26. The maximum atomic E-state index is 10.9. The number of esters is 1. The third-order valence-corrected chi connectivity index (χ3v) is 3.72. The Bertz CT molecular complexity index is 299. The highest BCUT2D eigenvalue weighted by Gasteiger charge is 2.11. The van der Waals surface area contributed by atoms with E-state index in [1.165, 1.54) is 26.4 Å². The third kappa shape index (κ3) is 7.36. The van der Waals surface area contributed by atoms with Gasteiger partial charge in [-0.1, -0.05) is 19.3 Å². The summed E-state index contributed by atoms with van der Waals surface area (Å²) in [4.78, 5) is 17.6. The lowest BCUT2D eigenvalue weighted by molar-refractivity contribution is -0.140. The number of methoxy groups -OCH3 is 1. The molecule has 0 unspecified atom stereocenters. The van der Waals surface area contributed by atoms with Crippen molar-refractivity contribution < 1.29 is 9.53 Å². The molecule has 1 heterocycles. The van der Waals surface area contributed by atoms with E-state index in [9.17, 15) is 4.79 Å². The first-order valence-electron chi connectivity index (χ1n) is 7.85. The zero-order valence-corrected chi connectivity index (χ0v) is 12.8. The molecule has 1 aliphatic heterocycles. The maximum Gasteiger partial charge on any atom is 0.305 e. The van der Waals surface area contributed by atoms with Crippen molar-refractivity contribution in [1.29, 1.82) is 0 Å². The molecule has 0 aliphatic carbocycles. The Morgan fingerprint density at radius 1 is 1.10 bits per heavy atom. The second-order valence-electron chi connectivity index (χ2n) is 5.38. The van der Waals surface area contributed by atoms with Crippen molar-refractivity contribution in [3.8, 4) is 0 Å². The summed E-state index contributed by atoms with van der Waals surface area (Å²) < 4.78 is 4.60. The van der Waals surface area contributed by atoms with Crippen LogP contribution in [0.2, 0.25) is 0 Å². The lowest BCUT2D eigenvalue weighted by Crippen LogP contribution is -2.40. The summed E-state index contributed by atoms with van der Waals surface area (Å²) in [6, 6.07) is 0.